The van der Waals surface area contributed by atoms with Crippen LogP contribution >= 0.6 is 0 Å². The first kappa shape index (κ1) is 18.5. The molecule has 0 unspecified atom stereocenters. The molecule has 1 aromatic rings. The molecule has 2 bridgehead atoms. The lowest BCUT2D eigenvalue weighted by atomic mass is 9.64. The summed E-state index contributed by atoms with van der Waals surface area (Å²) in [5, 5.41) is 24.1. The number of benzene rings is 1. The van der Waals surface area contributed by atoms with Crippen LogP contribution in [0.2, 0.25) is 0 Å². The van der Waals surface area contributed by atoms with Crippen LogP contribution in [-0.4, -0.2) is 54.0 Å². The zero-order valence-electron chi connectivity index (χ0n) is 16.0. The van der Waals surface area contributed by atoms with Crippen molar-refractivity contribution < 1.29 is 28.6 Å². The largest absolute Gasteiger partial charge is 0.399 e. The predicted octanol–water partition coefficient (Wildman–Crippen LogP) is 1.26. The Labute approximate surface area is 166 Å². The average Bonchev–Trinajstić information content (AvgIpc) is 3.26. The molecule has 1 aromatic carbocycles. The van der Waals surface area contributed by atoms with E-state index in [1.807, 2.05) is 6.07 Å². The summed E-state index contributed by atoms with van der Waals surface area (Å²) in [6, 6.07) is 6.59. The second kappa shape index (κ2) is 5.98. The number of nitrogens with zero attached hydrogens (tertiary/aromatic N) is 3. The number of aliphatic hydroxyl groups is 1. The number of halogens is 1. The minimum atomic E-state index is -1.16. The number of rotatable bonds is 3. The van der Waals surface area contributed by atoms with Crippen molar-refractivity contribution in [2.45, 2.75) is 43.6 Å². The fourth-order valence-corrected chi connectivity index (χ4v) is 5.64. The molecule has 0 aliphatic carbocycles. The lowest BCUT2D eigenvalue weighted by molar-refractivity contribution is -0.138. The Hall–Kier alpha value is -2.54. The average molecular weight is 401 g/mol. The summed E-state index contributed by atoms with van der Waals surface area (Å²) in [4.78, 5) is 20.0. The number of hydrogen-bond donors (Lipinski definition) is 1. The van der Waals surface area contributed by atoms with Crippen LogP contribution < -0.4 is 4.90 Å². The van der Waals surface area contributed by atoms with E-state index >= 15 is 0 Å². The molecule has 6 atom stereocenters. The molecule has 1 spiro atoms. The van der Waals surface area contributed by atoms with Gasteiger partial charge in [-0.2, -0.15) is 5.26 Å². The maximum absolute atomic E-state index is 13.5. The lowest BCUT2D eigenvalue weighted by Crippen LogP contribution is -2.59. The number of anilines is 1. The van der Waals surface area contributed by atoms with Crippen LogP contribution in [0.3, 0.4) is 0 Å². The van der Waals surface area contributed by atoms with Crippen molar-refractivity contribution in [3.8, 4) is 6.07 Å². The Morgan fingerprint density at radius 1 is 1.52 bits per heavy atom. The van der Waals surface area contributed by atoms with Gasteiger partial charge in [0.2, 0.25) is 5.91 Å². The number of amides is 1. The summed E-state index contributed by atoms with van der Waals surface area (Å²) < 4.78 is 25.7. The molecule has 0 aromatic heterocycles. The van der Waals surface area contributed by atoms with E-state index in [2.05, 4.69) is 5.16 Å². The van der Waals surface area contributed by atoms with Crippen molar-refractivity contribution in [1.29, 1.82) is 5.26 Å². The smallest absolute Gasteiger partial charge is 0.235 e. The van der Waals surface area contributed by atoms with Crippen LogP contribution in [0.25, 0.3) is 0 Å². The summed E-state index contributed by atoms with van der Waals surface area (Å²) >= 11 is 0. The molecule has 4 aliphatic rings. The van der Waals surface area contributed by atoms with Crippen LogP contribution in [0.5, 0.6) is 0 Å². The molecular formula is C20H20FN3O5. The van der Waals surface area contributed by atoms with E-state index < -0.39 is 36.1 Å². The first-order valence-electron chi connectivity index (χ1n) is 9.46. The van der Waals surface area contributed by atoms with Crippen molar-refractivity contribution in [3.63, 3.8) is 0 Å². The highest BCUT2D eigenvalue weighted by molar-refractivity contribution is 6.08. The number of ether oxygens (including phenoxy) is 2. The fraction of sp³-hybridized carbons (Fsp3) is 0.550. The third kappa shape index (κ3) is 2.06. The number of nitriles is 1. The molecule has 4 saturated heterocycles. The van der Waals surface area contributed by atoms with Gasteiger partial charge in [-0.05, 0) is 25.1 Å². The van der Waals surface area contributed by atoms with Gasteiger partial charge in [0.1, 0.15) is 43.0 Å². The van der Waals surface area contributed by atoms with E-state index in [0.29, 0.717) is 24.4 Å². The summed E-state index contributed by atoms with van der Waals surface area (Å²) in [5.74, 6) is -1.27. The normalized spacial score (nSPS) is 41.0. The van der Waals surface area contributed by atoms with Crippen LogP contribution in [0, 0.1) is 23.2 Å². The number of carbonyl (C=O) groups is 1. The number of alkyl halides is 1. The van der Waals surface area contributed by atoms with E-state index in [-0.39, 0.29) is 23.0 Å². The van der Waals surface area contributed by atoms with Crippen LogP contribution in [0.15, 0.2) is 23.4 Å². The zero-order chi connectivity index (χ0) is 20.6. The second-order valence-electron chi connectivity index (χ2n) is 8.05. The molecule has 8 nitrogen and oxygen atoms in total. The lowest BCUT2D eigenvalue weighted by Gasteiger charge is -2.42. The Bertz CT molecular complexity index is 977. The van der Waals surface area contributed by atoms with Crippen LogP contribution in [-0.2, 0) is 25.8 Å². The molecule has 29 heavy (non-hydrogen) atoms. The van der Waals surface area contributed by atoms with E-state index in [9.17, 15) is 14.3 Å². The number of fused-ring (bicyclic) bond motifs is 2. The fourth-order valence-electron chi connectivity index (χ4n) is 5.64. The first-order chi connectivity index (χ1) is 13.9. The van der Waals surface area contributed by atoms with Crippen LogP contribution in [0.4, 0.5) is 10.1 Å². The zero-order valence-corrected chi connectivity index (χ0v) is 16.0. The van der Waals surface area contributed by atoms with Gasteiger partial charge >= 0.3 is 0 Å². The molecule has 0 saturated carbocycles. The predicted molar refractivity (Wildman–Crippen MR) is 97.5 cm³/mol. The van der Waals surface area contributed by atoms with Gasteiger partial charge in [0.25, 0.3) is 0 Å². The Balaban J connectivity index is 1.64. The van der Waals surface area contributed by atoms with Crippen molar-refractivity contribution in [1.82, 2.24) is 0 Å². The molecule has 4 heterocycles. The van der Waals surface area contributed by atoms with Crippen molar-refractivity contribution in [2.24, 2.45) is 17.0 Å². The Morgan fingerprint density at radius 3 is 3.00 bits per heavy atom. The molecule has 4 aliphatic heterocycles. The molecule has 4 fully saturated rings. The van der Waals surface area contributed by atoms with Crippen molar-refractivity contribution in [2.75, 3.05) is 18.6 Å². The van der Waals surface area contributed by atoms with E-state index in [1.165, 1.54) is 24.1 Å². The monoisotopic (exact) mass is 401 g/mol. The number of aliphatic hydroxyl groups excluding tert-OH is 1. The first-order valence-corrected chi connectivity index (χ1v) is 9.46. The van der Waals surface area contributed by atoms with Crippen molar-refractivity contribution >= 4 is 17.3 Å². The van der Waals surface area contributed by atoms with Gasteiger partial charge in [0, 0.05) is 17.7 Å². The summed E-state index contributed by atoms with van der Waals surface area (Å²) in [7, 11) is 1.40. The molecular weight excluding hydrogens is 381 g/mol. The topological polar surface area (TPSA) is 104 Å². The number of carbonyl (C=O) groups excluding carboxylic acids is 1. The Morgan fingerprint density at radius 2 is 2.31 bits per heavy atom. The molecule has 152 valence electrons. The summed E-state index contributed by atoms with van der Waals surface area (Å²) in [6.45, 7) is 1.20. The van der Waals surface area contributed by atoms with E-state index in [4.69, 9.17) is 19.6 Å². The molecule has 5 rings (SSSR count). The quantitative estimate of drug-likeness (QED) is 0.765. The highest BCUT2D eigenvalue weighted by Crippen LogP contribution is 2.64. The highest BCUT2D eigenvalue weighted by Gasteiger charge is 2.81. The molecule has 9 heteroatoms. The standard InChI is InChI=1S/C20H20FN3O5/c1-19-13-14-18(28-6-5-20(14,29-19)15(16(19)25)23-27-2)24(17(13)26)12-4-3-10(9-22)11(7-12)8-21/h3-4,7,13-14,16,18,25H,5-6,8H2,1-2H3/b23-15+/t13-,14+,16-,18+,19+,20-/m1/s1. The van der Waals surface area contributed by atoms with Crippen LogP contribution in [0.1, 0.15) is 24.5 Å². The van der Waals surface area contributed by atoms with Gasteiger partial charge in [0.15, 0.2) is 0 Å². The van der Waals surface area contributed by atoms with E-state index in [0.717, 1.165) is 0 Å². The molecule has 1 N–H and O–H groups in total. The molecule has 0 radical (unpaired) electrons. The van der Waals surface area contributed by atoms with Gasteiger partial charge in [-0.1, -0.05) is 5.16 Å². The number of hydrogen-bond acceptors (Lipinski definition) is 7. The summed E-state index contributed by atoms with van der Waals surface area (Å²) in [6.07, 6.45) is -1.27. The third-order valence-corrected chi connectivity index (χ3v) is 6.80. The van der Waals surface area contributed by atoms with Gasteiger partial charge in [-0.15, -0.1) is 0 Å². The van der Waals surface area contributed by atoms with E-state index in [1.54, 1.807) is 13.0 Å². The maximum atomic E-state index is 13.5. The SMILES string of the molecule is CO/N=C1\[C@@H](O)[C@@]2(C)O[C@@]13CCO[C@H]1[C@@H]3[C@@H]2C(=O)N1c1ccc(C#N)c(CF)c1. The van der Waals surface area contributed by atoms with Gasteiger partial charge in [-0.3, -0.25) is 9.69 Å². The second-order valence-corrected chi connectivity index (χ2v) is 8.05. The minimum absolute atomic E-state index is 0.215. The van der Waals surface area contributed by atoms with Crippen molar-refractivity contribution in [3.05, 3.63) is 29.3 Å². The third-order valence-electron chi connectivity index (χ3n) is 6.80. The van der Waals surface area contributed by atoms with Gasteiger partial charge < -0.3 is 19.4 Å². The minimum Gasteiger partial charge on any atom is -0.399 e. The summed E-state index contributed by atoms with van der Waals surface area (Å²) in [5.41, 5.74) is -0.818. The van der Waals surface area contributed by atoms with Gasteiger partial charge in [-0.25, -0.2) is 4.39 Å². The molecule has 1 amide bonds. The van der Waals surface area contributed by atoms with Gasteiger partial charge in [0.05, 0.1) is 30.1 Å². The number of oxime groups is 1. The maximum Gasteiger partial charge on any atom is 0.235 e. The Kier molecular flexibility index (Phi) is 3.81. The highest BCUT2D eigenvalue weighted by atomic mass is 19.1.